The third kappa shape index (κ3) is 6.26. The predicted octanol–water partition coefficient (Wildman–Crippen LogP) is 3.42. The molecule has 0 saturated heterocycles. The standard InChI is InChI=1S/C24H23Cl2N5O3/c25-18-9-10-19(20(26)13-18)23(32)31(21(24(33)34)12-15-5-2-1-3-6-15)14-16-7-4-8-17(11-16)22(27)29-30-28/h1-11,13,21,30H,12,14,28H2,(H2,27,29)(H,33,34)/t21-/m0/s1. The molecule has 3 aromatic carbocycles. The highest BCUT2D eigenvalue weighted by Gasteiger charge is 2.32. The van der Waals surface area contributed by atoms with Crippen LogP contribution in [-0.2, 0) is 17.8 Å². The molecule has 6 N–H and O–H groups in total. The number of hydrogen-bond acceptors (Lipinski definition) is 5. The van der Waals surface area contributed by atoms with Crippen molar-refractivity contribution in [2.75, 3.05) is 0 Å². The summed E-state index contributed by atoms with van der Waals surface area (Å²) in [6.45, 7) is -0.0151. The van der Waals surface area contributed by atoms with E-state index in [1.807, 2.05) is 30.3 Å². The second-order valence-corrected chi connectivity index (χ2v) is 8.27. The van der Waals surface area contributed by atoms with Gasteiger partial charge in [0.1, 0.15) is 6.04 Å². The number of amidine groups is 1. The Kier molecular flexibility index (Phi) is 8.48. The second-order valence-electron chi connectivity index (χ2n) is 7.43. The van der Waals surface area contributed by atoms with Crippen molar-refractivity contribution in [2.24, 2.45) is 16.7 Å². The van der Waals surface area contributed by atoms with Crippen LogP contribution in [0.2, 0.25) is 10.0 Å². The zero-order valence-corrected chi connectivity index (χ0v) is 19.5. The topological polar surface area (TPSA) is 134 Å². The van der Waals surface area contributed by atoms with E-state index in [1.54, 1.807) is 24.3 Å². The summed E-state index contributed by atoms with van der Waals surface area (Å²) in [5.41, 5.74) is 10.2. The minimum atomic E-state index is -1.16. The molecule has 0 heterocycles. The molecule has 0 aliphatic rings. The lowest BCUT2D eigenvalue weighted by Gasteiger charge is -2.30. The van der Waals surface area contributed by atoms with Gasteiger partial charge in [0.15, 0.2) is 5.84 Å². The van der Waals surface area contributed by atoms with Crippen LogP contribution in [0.4, 0.5) is 0 Å². The summed E-state index contributed by atoms with van der Waals surface area (Å²) in [5, 5.41) is 14.3. The molecule has 10 heteroatoms. The molecule has 0 radical (unpaired) electrons. The molecule has 0 bridgehead atoms. The summed E-state index contributed by atoms with van der Waals surface area (Å²) >= 11 is 12.3. The quantitative estimate of drug-likeness (QED) is 0.154. The fourth-order valence-electron chi connectivity index (χ4n) is 3.47. The SMILES string of the molecule is NNN=C(N)c1cccc(CN(C(=O)c2ccc(Cl)cc2Cl)[C@@H](Cc2ccccc2)C(=O)O)c1. The van der Waals surface area contributed by atoms with E-state index < -0.39 is 17.9 Å². The van der Waals surface area contributed by atoms with Crippen LogP contribution in [0.5, 0.6) is 0 Å². The molecule has 0 saturated carbocycles. The Morgan fingerprint density at radius 2 is 1.71 bits per heavy atom. The molecule has 0 fully saturated rings. The van der Waals surface area contributed by atoms with E-state index in [0.717, 1.165) is 5.56 Å². The van der Waals surface area contributed by atoms with Crippen LogP contribution in [0.1, 0.15) is 27.0 Å². The number of nitrogens with one attached hydrogen (secondary N) is 1. The van der Waals surface area contributed by atoms with E-state index in [4.69, 9.17) is 34.8 Å². The Balaban J connectivity index is 2.04. The smallest absolute Gasteiger partial charge is 0.326 e. The number of nitrogens with zero attached hydrogens (tertiary/aromatic N) is 2. The molecule has 176 valence electrons. The van der Waals surface area contributed by atoms with Gasteiger partial charge < -0.3 is 15.7 Å². The molecule has 3 rings (SSSR count). The van der Waals surface area contributed by atoms with E-state index in [2.05, 4.69) is 10.6 Å². The van der Waals surface area contributed by atoms with Crippen LogP contribution in [0.3, 0.4) is 0 Å². The summed E-state index contributed by atoms with van der Waals surface area (Å²) in [5.74, 6) is 3.66. The van der Waals surface area contributed by atoms with Gasteiger partial charge in [-0.2, -0.15) is 0 Å². The number of carboxylic acids is 1. The van der Waals surface area contributed by atoms with Crippen molar-refractivity contribution in [2.45, 2.75) is 19.0 Å². The molecule has 0 aromatic heterocycles. The Labute approximate surface area is 206 Å². The first-order valence-corrected chi connectivity index (χ1v) is 11.0. The van der Waals surface area contributed by atoms with Crippen LogP contribution in [0.15, 0.2) is 77.9 Å². The number of hydrazone groups is 1. The molecule has 34 heavy (non-hydrogen) atoms. The minimum Gasteiger partial charge on any atom is -0.480 e. The van der Waals surface area contributed by atoms with Crippen LogP contribution in [0.25, 0.3) is 0 Å². The number of rotatable bonds is 9. The lowest BCUT2D eigenvalue weighted by atomic mass is 10.0. The van der Waals surface area contributed by atoms with Crippen LogP contribution >= 0.6 is 23.2 Å². The molecule has 1 amide bonds. The molecule has 0 spiro atoms. The highest BCUT2D eigenvalue weighted by molar-refractivity contribution is 6.36. The third-order valence-corrected chi connectivity index (χ3v) is 5.66. The highest BCUT2D eigenvalue weighted by atomic mass is 35.5. The zero-order chi connectivity index (χ0) is 24.7. The predicted molar refractivity (Wildman–Crippen MR) is 132 cm³/mol. The number of carbonyl (C=O) groups excluding carboxylic acids is 1. The van der Waals surface area contributed by atoms with Gasteiger partial charge in [0.05, 0.1) is 10.6 Å². The van der Waals surface area contributed by atoms with Gasteiger partial charge >= 0.3 is 5.97 Å². The molecule has 0 aliphatic carbocycles. The van der Waals surface area contributed by atoms with Crippen molar-refractivity contribution >= 4 is 40.9 Å². The number of carbonyl (C=O) groups is 2. The van der Waals surface area contributed by atoms with Crippen LogP contribution in [-0.4, -0.2) is 33.8 Å². The van der Waals surface area contributed by atoms with Gasteiger partial charge in [-0.3, -0.25) is 4.79 Å². The molecular formula is C24H23Cl2N5O3. The largest absolute Gasteiger partial charge is 0.480 e. The van der Waals surface area contributed by atoms with E-state index >= 15 is 0 Å². The maximum absolute atomic E-state index is 13.6. The number of benzene rings is 3. The molecule has 8 nitrogen and oxygen atoms in total. The summed E-state index contributed by atoms with van der Waals surface area (Å²) in [7, 11) is 0. The van der Waals surface area contributed by atoms with Gasteiger partial charge in [-0.15, -0.1) is 5.10 Å². The van der Waals surface area contributed by atoms with Crippen LogP contribution in [0, 0.1) is 0 Å². The van der Waals surface area contributed by atoms with Gasteiger partial charge in [-0.25, -0.2) is 16.2 Å². The fraction of sp³-hybridized carbons (Fsp3) is 0.125. The number of aliphatic carboxylic acids is 1. The summed E-state index contributed by atoms with van der Waals surface area (Å²) in [6, 6.07) is 19.3. The summed E-state index contributed by atoms with van der Waals surface area (Å²) in [4.78, 5) is 27.2. The van der Waals surface area contributed by atoms with Crippen molar-refractivity contribution < 1.29 is 14.7 Å². The van der Waals surface area contributed by atoms with Gasteiger partial charge in [0.25, 0.3) is 5.91 Å². The average molecular weight is 500 g/mol. The molecule has 0 unspecified atom stereocenters. The number of nitrogens with two attached hydrogens (primary N) is 2. The number of halogens is 2. The first-order valence-electron chi connectivity index (χ1n) is 10.2. The van der Waals surface area contributed by atoms with Crippen molar-refractivity contribution in [3.63, 3.8) is 0 Å². The lowest BCUT2D eigenvalue weighted by Crippen LogP contribution is -2.46. The van der Waals surface area contributed by atoms with Gasteiger partial charge in [-0.05, 0) is 35.4 Å². The monoisotopic (exact) mass is 499 g/mol. The average Bonchev–Trinajstić information content (AvgIpc) is 2.82. The molecular weight excluding hydrogens is 477 g/mol. The van der Waals surface area contributed by atoms with Crippen molar-refractivity contribution in [3.8, 4) is 0 Å². The van der Waals surface area contributed by atoms with Gasteiger partial charge in [-0.1, -0.05) is 71.7 Å². The Morgan fingerprint density at radius 3 is 2.35 bits per heavy atom. The van der Waals surface area contributed by atoms with E-state index in [9.17, 15) is 14.7 Å². The first-order chi connectivity index (χ1) is 16.3. The van der Waals surface area contributed by atoms with Gasteiger partial charge in [0, 0.05) is 23.6 Å². The zero-order valence-electron chi connectivity index (χ0n) is 18.0. The lowest BCUT2D eigenvalue weighted by molar-refractivity contribution is -0.142. The normalized spacial score (nSPS) is 12.1. The number of amides is 1. The molecule has 1 atom stereocenters. The maximum Gasteiger partial charge on any atom is 0.326 e. The van der Waals surface area contributed by atoms with Crippen molar-refractivity contribution in [3.05, 3.63) is 105 Å². The number of carboxylic acid groups (broad SMARTS) is 1. The molecule has 3 aromatic rings. The third-order valence-electron chi connectivity index (χ3n) is 5.12. The minimum absolute atomic E-state index is 0.0151. The Bertz CT molecular complexity index is 1200. The Hall–Kier alpha value is -3.59. The molecule has 0 aliphatic heterocycles. The van der Waals surface area contributed by atoms with Crippen molar-refractivity contribution in [1.82, 2.24) is 10.4 Å². The van der Waals surface area contributed by atoms with Gasteiger partial charge in [0.2, 0.25) is 0 Å². The number of hydrazine groups is 1. The Morgan fingerprint density at radius 1 is 1.00 bits per heavy atom. The second kappa shape index (κ2) is 11.5. The van der Waals surface area contributed by atoms with E-state index in [1.165, 1.54) is 23.1 Å². The fourth-order valence-corrected chi connectivity index (χ4v) is 3.96. The number of hydrogen-bond donors (Lipinski definition) is 4. The van der Waals surface area contributed by atoms with Crippen molar-refractivity contribution in [1.29, 1.82) is 0 Å². The van der Waals surface area contributed by atoms with E-state index in [-0.39, 0.29) is 29.4 Å². The summed E-state index contributed by atoms with van der Waals surface area (Å²) < 4.78 is 0. The maximum atomic E-state index is 13.6. The highest BCUT2D eigenvalue weighted by Crippen LogP contribution is 2.25. The first kappa shape index (κ1) is 25.0. The van der Waals surface area contributed by atoms with Crippen LogP contribution < -0.4 is 17.1 Å². The van der Waals surface area contributed by atoms with E-state index in [0.29, 0.717) is 16.1 Å². The summed E-state index contributed by atoms with van der Waals surface area (Å²) in [6.07, 6.45) is 0.105.